The predicted molar refractivity (Wildman–Crippen MR) is 80.6 cm³/mol. The summed E-state index contributed by atoms with van der Waals surface area (Å²) in [7, 11) is 2.94. The van der Waals surface area contributed by atoms with Gasteiger partial charge < -0.3 is 19.9 Å². The summed E-state index contributed by atoms with van der Waals surface area (Å²) >= 11 is 5.73. The van der Waals surface area contributed by atoms with Gasteiger partial charge in [-0.05, 0) is 24.3 Å². The quantitative estimate of drug-likeness (QED) is 0.909. The van der Waals surface area contributed by atoms with Crippen LogP contribution in [-0.4, -0.2) is 25.2 Å². The van der Waals surface area contributed by atoms with Crippen LogP contribution in [0.1, 0.15) is 10.4 Å². The molecule has 5 nitrogen and oxygen atoms in total. The fourth-order valence-electron chi connectivity index (χ4n) is 1.86. The molecule has 6 heteroatoms. The summed E-state index contributed by atoms with van der Waals surface area (Å²) in [5, 5.41) is 12.4. The van der Waals surface area contributed by atoms with E-state index in [1.807, 2.05) is 0 Å². The zero-order valence-corrected chi connectivity index (χ0v) is 12.3. The summed E-state index contributed by atoms with van der Waals surface area (Å²) in [6, 6.07) is 9.49. The van der Waals surface area contributed by atoms with E-state index >= 15 is 0 Å². The molecule has 0 saturated heterocycles. The van der Waals surface area contributed by atoms with Crippen LogP contribution in [0.25, 0.3) is 0 Å². The van der Waals surface area contributed by atoms with Crippen LogP contribution in [0.4, 0.5) is 5.69 Å². The van der Waals surface area contributed by atoms with Gasteiger partial charge in [-0.2, -0.15) is 0 Å². The fourth-order valence-corrected chi connectivity index (χ4v) is 1.98. The number of carbonyl (C=O) groups is 1. The Morgan fingerprint density at radius 1 is 1.14 bits per heavy atom. The first kappa shape index (κ1) is 15.0. The zero-order valence-electron chi connectivity index (χ0n) is 11.5. The van der Waals surface area contributed by atoms with Crippen LogP contribution in [0.15, 0.2) is 36.4 Å². The van der Waals surface area contributed by atoms with Gasteiger partial charge in [0, 0.05) is 11.8 Å². The van der Waals surface area contributed by atoms with Gasteiger partial charge in [0.1, 0.15) is 22.8 Å². The normalized spacial score (nSPS) is 10.0. The van der Waals surface area contributed by atoms with Crippen LogP contribution < -0.4 is 14.8 Å². The molecule has 2 rings (SSSR count). The third kappa shape index (κ3) is 3.20. The Morgan fingerprint density at radius 2 is 1.76 bits per heavy atom. The summed E-state index contributed by atoms with van der Waals surface area (Å²) in [6.07, 6.45) is 0. The van der Waals surface area contributed by atoms with Gasteiger partial charge in [0.05, 0.1) is 19.2 Å². The van der Waals surface area contributed by atoms with Crippen LogP contribution in [0, 0.1) is 0 Å². The molecular weight excluding hydrogens is 294 g/mol. The van der Waals surface area contributed by atoms with Crippen molar-refractivity contribution in [1.29, 1.82) is 0 Å². The number of amides is 1. The number of phenols is 1. The minimum Gasteiger partial charge on any atom is -0.506 e. The first-order valence-electron chi connectivity index (χ1n) is 6.07. The lowest BCUT2D eigenvalue weighted by Gasteiger charge is -2.13. The average molecular weight is 308 g/mol. The topological polar surface area (TPSA) is 67.8 Å². The maximum Gasteiger partial charge on any atom is 0.263 e. The van der Waals surface area contributed by atoms with E-state index < -0.39 is 5.91 Å². The van der Waals surface area contributed by atoms with Crippen LogP contribution in [0.5, 0.6) is 17.2 Å². The molecule has 2 aromatic rings. The van der Waals surface area contributed by atoms with Crippen molar-refractivity contribution in [2.75, 3.05) is 19.5 Å². The maximum atomic E-state index is 12.4. The number of benzene rings is 2. The average Bonchev–Trinajstić information content (AvgIpc) is 2.49. The number of phenolic OH excluding ortho intramolecular Hbond substituents is 1. The van der Waals surface area contributed by atoms with Crippen LogP contribution >= 0.6 is 11.6 Å². The number of methoxy groups -OCH3 is 2. The largest absolute Gasteiger partial charge is 0.506 e. The van der Waals surface area contributed by atoms with Crippen molar-refractivity contribution < 1.29 is 19.4 Å². The lowest BCUT2D eigenvalue weighted by molar-refractivity contribution is 0.102. The van der Waals surface area contributed by atoms with E-state index in [1.165, 1.54) is 26.4 Å². The van der Waals surface area contributed by atoms with Crippen molar-refractivity contribution in [2.24, 2.45) is 0 Å². The molecule has 0 aliphatic heterocycles. The van der Waals surface area contributed by atoms with Gasteiger partial charge in [0.15, 0.2) is 0 Å². The Balaban J connectivity index is 2.34. The molecule has 0 unspecified atom stereocenters. The number of halogens is 1. The number of anilines is 1. The molecule has 2 N–H and O–H groups in total. The summed E-state index contributed by atoms with van der Waals surface area (Å²) < 4.78 is 10.4. The van der Waals surface area contributed by atoms with Crippen LogP contribution in [0.2, 0.25) is 5.02 Å². The van der Waals surface area contributed by atoms with Gasteiger partial charge in [-0.3, -0.25) is 4.79 Å². The van der Waals surface area contributed by atoms with Crippen molar-refractivity contribution in [3.8, 4) is 17.2 Å². The van der Waals surface area contributed by atoms with Crippen molar-refractivity contribution in [3.63, 3.8) is 0 Å². The molecule has 0 fully saturated rings. The fraction of sp³-hybridized carbons (Fsp3) is 0.133. The van der Waals surface area contributed by atoms with Gasteiger partial charge in [-0.25, -0.2) is 0 Å². The first-order valence-corrected chi connectivity index (χ1v) is 6.45. The molecule has 0 heterocycles. The molecule has 21 heavy (non-hydrogen) atoms. The Bertz CT molecular complexity index is 650. The van der Waals surface area contributed by atoms with Crippen molar-refractivity contribution in [2.45, 2.75) is 0 Å². The minimum absolute atomic E-state index is 0.110. The molecule has 0 spiro atoms. The van der Waals surface area contributed by atoms with Crippen LogP contribution in [0.3, 0.4) is 0 Å². The molecule has 0 atom stereocenters. The summed E-state index contributed by atoms with van der Waals surface area (Å²) in [6.45, 7) is 0. The molecule has 0 radical (unpaired) electrons. The van der Waals surface area contributed by atoms with Gasteiger partial charge in [0.25, 0.3) is 5.91 Å². The number of aromatic hydroxyl groups is 1. The van der Waals surface area contributed by atoms with Crippen LogP contribution in [-0.2, 0) is 0 Å². The molecule has 2 aromatic carbocycles. The highest BCUT2D eigenvalue weighted by atomic mass is 35.5. The van der Waals surface area contributed by atoms with E-state index in [1.54, 1.807) is 24.3 Å². The highest BCUT2D eigenvalue weighted by molar-refractivity contribution is 6.32. The second-order valence-electron chi connectivity index (χ2n) is 4.16. The Morgan fingerprint density at radius 3 is 2.29 bits per heavy atom. The smallest absolute Gasteiger partial charge is 0.263 e. The van der Waals surface area contributed by atoms with E-state index in [4.69, 9.17) is 21.1 Å². The van der Waals surface area contributed by atoms with E-state index in [0.29, 0.717) is 17.2 Å². The second kappa shape index (κ2) is 6.37. The molecule has 110 valence electrons. The van der Waals surface area contributed by atoms with Gasteiger partial charge in [-0.15, -0.1) is 0 Å². The monoisotopic (exact) mass is 307 g/mol. The van der Waals surface area contributed by atoms with E-state index in [2.05, 4.69) is 5.32 Å². The highest BCUT2D eigenvalue weighted by Crippen LogP contribution is 2.30. The van der Waals surface area contributed by atoms with Crippen molar-refractivity contribution >= 4 is 23.2 Å². The molecule has 0 aliphatic rings. The number of rotatable bonds is 4. The van der Waals surface area contributed by atoms with E-state index in [9.17, 15) is 9.90 Å². The molecule has 1 amide bonds. The lowest BCUT2D eigenvalue weighted by Crippen LogP contribution is -2.14. The SMILES string of the molecule is COc1cccc(OC)c1C(=O)Nc1ccc(Cl)c(O)c1. The second-order valence-corrected chi connectivity index (χ2v) is 4.57. The molecule has 0 aromatic heterocycles. The van der Waals surface area contributed by atoms with Gasteiger partial charge in [0.2, 0.25) is 0 Å². The van der Waals surface area contributed by atoms with E-state index in [0.717, 1.165) is 0 Å². The molecule has 0 aliphatic carbocycles. The maximum absolute atomic E-state index is 12.4. The standard InChI is InChI=1S/C15H14ClNO4/c1-20-12-4-3-5-13(21-2)14(12)15(19)17-9-6-7-10(16)11(18)8-9/h3-8,18H,1-2H3,(H,17,19). The zero-order chi connectivity index (χ0) is 15.4. The Hall–Kier alpha value is -2.40. The Labute approximate surface area is 127 Å². The number of hydrogen-bond acceptors (Lipinski definition) is 4. The third-order valence-corrected chi connectivity index (χ3v) is 3.18. The molecule has 0 saturated carbocycles. The Kier molecular flexibility index (Phi) is 4.55. The third-order valence-electron chi connectivity index (χ3n) is 2.86. The molecule has 0 bridgehead atoms. The van der Waals surface area contributed by atoms with Gasteiger partial charge in [-0.1, -0.05) is 17.7 Å². The minimum atomic E-state index is -0.411. The predicted octanol–water partition coefficient (Wildman–Crippen LogP) is 3.32. The molecular formula is C15H14ClNO4. The number of nitrogens with one attached hydrogen (secondary N) is 1. The first-order chi connectivity index (χ1) is 10.1. The highest BCUT2D eigenvalue weighted by Gasteiger charge is 2.18. The number of ether oxygens (including phenoxy) is 2. The number of hydrogen-bond donors (Lipinski definition) is 2. The summed E-state index contributed by atoms with van der Waals surface area (Å²) in [5.74, 6) is 0.266. The summed E-state index contributed by atoms with van der Waals surface area (Å²) in [4.78, 5) is 12.4. The number of carbonyl (C=O) groups excluding carboxylic acids is 1. The lowest BCUT2D eigenvalue weighted by atomic mass is 10.1. The van der Waals surface area contributed by atoms with Crippen molar-refractivity contribution in [1.82, 2.24) is 0 Å². The van der Waals surface area contributed by atoms with E-state index in [-0.39, 0.29) is 16.3 Å². The van der Waals surface area contributed by atoms with Gasteiger partial charge >= 0.3 is 0 Å². The summed E-state index contributed by atoms with van der Waals surface area (Å²) in [5.41, 5.74) is 0.687. The van der Waals surface area contributed by atoms with Crippen molar-refractivity contribution in [3.05, 3.63) is 47.0 Å².